The highest BCUT2D eigenvalue weighted by Gasteiger charge is 2.34. The van der Waals surface area contributed by atoms with E-state index in [1.54, 1.807) is 29.5 Å². The van der Waals surface area contributed by atoms with Gasteiger partial charge in [0.1, 0.15) is 16.8 Å². The molecule has 1 fully saturated rings. The molecule has 3 rings (SSSR count). The minimum atomic E-state index is -0.904. The Balaban J connectivity index is 1.89. The summed E-state index contributed by atoms with van der Waals surface area (Å²) in [4.78, 5) is 8.51. The molecular weight excluding hydrogens is 421 g/mol. The molecule has 0 radical (unpaired) electrons. The van der Waals surface area contributed by atoms with E-state index in [0.29, 0.717) is 22.1 Å². The predicted molar refractivity (Wildman–Crippen MR) is 129 cm³/mol. The number of hydrogen-bond acceptors (Lipinski definition) is 5. The lowest BCUT2D eigenvalue weighted by atomic mass is 9.72. The third-order valence-electron chi connectivity index (χ3n) is 6.38. The topological polar surface area (TPSA) is 49.1 Å². The van der Waals surface area contributed by atoms with Crippen molar-refractivity contribution in [3.8, 4) is 22.4 Å². The number of likely N-dealkylation sites (tertiary alicyclic amines) is 1. The molecule has 1 aliphatic heterocycles. The van der Waals surface area contributed by atoms with Crippen molar-refractivity contribution in [2.75, 3.05) is 13.1 Å². The van der Waals surface area contributed by atoms with Gasteiger partial charge < -0.3 is 4.74 Å². The van der Waals surface area contributed by atoms with Gasteiger partial charge in [0.05, 0.1) is 16.8 Å². The normalized spacial score (nSPS) is 19.5. The van der Waals surface area contributed by atoms with E-state index < -0.39 is 6.01 Å². The number of nitriles is 1. The van der Waals surface area contributed by atoms with Gasteiger partial charge in [0.2, 0.25) is 0 Å². The van der Waals surface area contributed by atoms with Crippen LogP contribution in [0.2, 0.25) is 0 Å². The lowest BCUT2D eigenvalue weighted by Crippen LogP contribution is -2.44. The smallest absolute Gasteiger partial charge is 0.270 e. The summed E-state index contributed by atoms with van der Waals surface area (Å²) >= 11 is 1.56. The molecule has 0 spiro atoms. The highest BCUT2D eigenvalue weighted by molar-refractivity contribution is 7.15. The van der Waals surface area contributed by atoms with Crippen molar-refractivity contribution in [1.82, 2.24) is 9.88 Å². The van der Waals surface area contributed by atoms with Gasteiger partial charge in [-0.25, -0.2) is 4.98 Å². The summed E-state index contributed by atoms with van der Waals surface area (Å²) in [6.07, 6.45) is 3.77. The molecule has 32 heavy (non-hydrogen) atoms. The number of nitrogens with zero attached hydrogens (tertiary/aromatic N) is 3. The van der Waals surface area contributed by atoms with Crippen LogP contribution in [0.1, 0.15) is 63.1 Å². The van der Waals surface area contributed by atoms with E-state index in [-0.39, 0.29) is 11.2 Å². The Morgan fingerprint density at radius 3 is 2.75 bits per heavy atom. The zero-order chi connectivity index (χ0) is 23.5. The van der Waals surface area contributed by atoms with Crippen LogP contribution in [0.5, 0.6) is 5.75 Å². The highest BCUT2D eigenvalue weighted by Crippen LogP contribution is 2.40. The second-order valence-electron chi connectivity index (χ2n) is 9.92. The Labute approximate surface area is 195 Å². The van der Waals surface area contributed by atoms with Crippen molar-refractivity contribution in [2.24, 2.45) is 17.3 Å². The van der Waals surface area contributed by atoms with Crippen molar-refractivity contribution < 1.29 is 9.13 Å². The number of piperidine rings is 1. The molecule has 0 bridgehead atoms. The summed E-state index contributed by atoms with van der Waals surface area (Å²) < 4.78 is 18.6. The standard InChI is InChI=1S/C26H34FN3OS/c1-7-9-19-12-21(26(4,5)6)15-30(14-19)16-23-17(2)29-25(32-23)24-20(13-28)10-8-11-22(24)31-18(3)27/h8,10-11,19,21H,3,7,9,12,14-16H2,1-2,4-6H3. The first-order valence-corrected chi connectivity index (χ1v) is 12.2. The summed E-state index contributed by atoms with van der Waals surface area (Å²) in [6.45, 7) is 17.5. The largest absolute Gasteiger partial charge is 0.431 e. The molecule has 2 atom stereocenters. The minimum Gasteiger partial charge on any atom is -0.431 e. The number of rotatable bonds is 7. The molecule has 1 aromatic carbocycles. The van der Waals surface area contributed by atoms with Crippen LogP contribution in [0.15, 0.2) is 30.8 Å². The first-order chi connectivity index (χ1) is 15.1. The first-order valence-electron chi connectivity index (χ1n) is 11.4. The molecule has 1 aromatic heterocycles. The molecule has 2 heterocycles. The maximum absolute atomic E-state index is 13.4. The number of ether oxygens (including phenoxy) is 1. The van der Waals surface area contributed by atoms with Gasteiger partial charge in [-0.2, -0.15) is 9.65 Å². The molecule has 1 saturated heterocycles. The summed E-state index contributed by atoms with van der Waals surface area (Å²) in [5.41, 5.74) is 2.18. The fraction of sp³-hybridized carbons (Fsp3) is 0.538. The van der Waals surface area contributed by atoms with Crippen LogP contribution in [0, 0.1) is 35.5 Å². The van der Waals surface area contributed by atoms with Crippen molar-refractivity contribution in [2.45, 2.75) is 60.4 Å². The molecule has 0 saturated carbocycles. The maximum atomic E-state index is 13.4. The molecule has 6 heteroatoms. The molecule has 2 aromatic rings. The maximum Gasteiger partial charge on any atom is 0.270 e. The van der Waals surface area contributed by atoms with E-state index in [1.165, 1.54) is 24.1 Å². The zero-order valence-electron chi connectivity index (χ0n) is 19.9. The Bertz CT molecular complexity index is 1000. The summed E-state index contributed by atoms with van der Waals surface area (Å²) in [5, 5.41) is 10.3. The van der Waals surface area contributed by atoms with E-state index in [0.717, 1.165) is 31.2 Å². The SMILES string of the molecule is C=C(F)Oc1cccc(C#N)c1-c1nc(C)c(CN2CC(CCC)CC(C(C)(C)C)C2)s1. The number of halogens is 1. The lowest BCUT2D eigenvalue weighted by Gasteiger charge is -2.43. The van der Waals surface area contributed by atoms with Crippen LogP contribution in [0.3, 0.4) is 0 Å². The summed E-state index contributed by atoms with van der Waals surface area (Å²) in [5.74, 6) is 1.65. The predicted octanol–water partition coefficient (Wildman–Crippen LogP) is 7.09. The van der Waals surface area contributed by atoms with Crippen LogP contribution in [-0.4, -0.2) is 23.0 Å². The Morgan fingerprint density at radius 1 is 1.38 bits per heavy atom. The molecule has 0 N–H and O–H groups in total. The average Bonchev–Trinajstić information content (AvgIpc) is 3.06. The van der Waals surface area contributed by atoms with Gasteiger partial charge in [-0.05, 0) is 55.7 Å². The second kappa shape index (κ2) is 10.1. The molecular formula is C26H34FN3OS. The van der Waals surface area contributed by atoms with Crippen molar-refractivity contribution >= 4 is 11.3 Å². The Morgan fingerprint density at radius 2 is 2.12 bits per heavy atom. The van der Waals surface area contributed by atoms with E-state index in [9.17, 15) is 9.65 Å². The number of thiazole rings is 1. The van der Waals surface area contributed by atoms with E-state index in [1.807, 2.05) is 6.92 Å². The van der Waals surface area contributed by atoms with Gasteiger partial charge in [0, 0.05) is 24.5 Å². The van der Waals surface area contributed by atoms with Crippen LogP contribution in [-0.2, 0) is 6.54 Å². The number of aromatic nitrogens is 1. The van der Waals surface area contributed by atoms with Crippen molar-refractivity contribution in [3.63, 3.8) is 0 Å². The van der Waals surface area contributed by atoms with E-state index in [4.69, 9.17) is 9.72 Å². The van der Waals surface area contributed by atoms with Gasteiger partial charge in [-0.15, -0.1) is 11.3 Å². The second-order valence-corrected chi connectivity index (χ2v) is 11.0. The average molecular weight is 456 g/mol. The number of benzene rings is 1. The molecule has 1 aliphatic rings. The van der Waals surface area contributed by atoms with E-state index >= 15 is 0 Å². The molecule has 172 valence electrons. The monoisotopic (exact) mass is 455 g/mol. The van der Waals surface area contributed by atoms with Gasteiger partial charge in [-0.1, -0.05) is 40.2 Å². The first kappa shape index (κ1) is 24.4. The number of hydrogen-bond donors (Lipinski definition) is 0. The molecule has 0 aliphatic carbocycles. The fourth-order valence-corrected chi connectivity index (χ4v) is 5.78. The Kier molecular flexibility index (Phi) is 7.74. The van der Waals surface area contributed by atoms with Gasteiger partial charge in [-0.3, -0.25) is 4.90 Å². The minimum absolute atomic E-state index is 0.269. The summed E-state index contributed by atoms with van der Waals surface area (Å²) in [6, 6.07) is 6.30. The van der Waals surface area contributed by atoms with Crippen LogP contribution >= 0.6 is 11.3 Å². The molecule has 2 unspecified atom stereocenters. The van der Waals surface area contributed by atoms with Crippen LogP contribution in [0.25, 0.3) is 10.6 Å². The van der Waals surface area contributed by atoms with Crippen LogP contribution < -0.4 is 4.74 Å². The Hall–Kier alpha value is -2.23. The van der Waals surface area contributed by atoms with Gasteiger partial charge in [0.25, 0.3) is 6.01 Å². The van der Waals surface area contributed by atoms with E-state index in [2.05, 4.69) is 45.2 Å². The molecule has 0 amide bonds. The lowest BCUT2D eigenvalue weighted by molar-refractivity contribution is 0.0549. The quantitative estimate of drug-likeness (QED) is 0.418. The highest BCUT2D eigenvalue weighted by atomic mass is 32.1. The van der Waals surface area contributed by atoms with Crippen molar-refractivity contribution in [1.29, 1.82) is 5.26 Å². The zero-order valence-corrected chi connectivity index (χ0v) is 20.7. The molecule has 4 nitrogen and oxygen atoms in total. The fourth-order valence-electron chi connectivity index (χ4n) is 4.61. The van der Waals surface area contributed by atoms with Crippen molar-refractivity contribution in [3.05, 3.63) is 46.9 Å². The third kappa shape index (κ3) is 5.76. The van der Waals surface area contributed by atoms with Gasteiger partial charge in [0.15, 0.2) is 0 Å². The van der Waals surface area contributed by atoms with Crippen LogP contribution in [0.4, 0.5) is 4.39 Å². The summed E-state index contributed by atoms with van der Waals surface area (Å²) in [7, 11) is 0. The van der Waals surface area contributed by atoms with Gasteiger partial charge >= 0.3 is 0 Å². The third-order valence-corrected chi connectivity index (χ3v) is 7.54. The number of aryl methyl sites for hydroxylation is 1.